The largest absolute Gasteiger partial charge is 0.497 e. The van der Waals surface area contributed by atoms with E-state index in [0.29, 0.717) is 13.0 Å². The van der Waals surface area contributed by atoms with Crippen LogP contribution in [0.3, 0.4) is 0 Å². The lowest BCUT2D eigenvalue weighted by atomic mass is 9.86. The number of unbranched alkanes of at least 4 members (excludes halogenated alkanes) is 2. The van der Waals surface area contributed by atoms with Gasteiger partial charge in [0, 0.05) is 29.6 Å². The number of para-hydroxylation sites is 1. The maximum absolute atomic E-state index is 13.6. The average molecular weight is 432 g/mol. The molecule has 5 rings (SSSR count). The SMILES string of the molecule is CCCCCN1CC(=O)N2[C@H](c3cccc(OC)c3)c3[nH]c4ccccc4c3C[C@H]2C1=O. The number of carbonyl (C=O) groups is 2. The molecular formula is C26H29N3O3. The number of carbonyl (C=O) groups excluding carboxylic acids is 2. The van der Waals surface area contributed by atoms with E-state index in [4.69, 9.17) is 4.74 Å². The topological polar surface area (TPSA) is 65.6 Å². The van der Waals surface area contributed by atoms with Crippen LogP contribution in [0.4, 0.5) is 0 Å². The number of rotatable bonds is 6. The lowest BCUT2D eigenvalue weighted by molar-refractivity contribution is -0.158. The molecule has 2 aliphatic heterocycles. The third kappa shape index (κ3) is 3.34. The molecule has 32 heavy (non-hydrogen) atoms. The fourth-order valence-corrected chi connectivity index (χ4v) is 5.22. The summed E-state index contributed by atoms with van der Waals surface area (Å²) in [6.45, 7) is 2.94. The van der Waals surface area contributed by atoms with Crippen molar-refractivity contribution in [2.24, 2.45) is 0 Å². The van der Waals surface area contributed by atoms with Crippen LogP contribution in [0.2, 0.25) is 0 Å². The number of methoxy groups -OCH3 is 1. The van der Waals surface area contributed by atoms with Crippen molar-refractivity contribution in [3.63, 3.8) is 0 Å². The predicted molar refractivity (Wildman–Crippen MR) is 124 cm³/mol. The van der Waals surface area contributed by atoms with Crippen LogP contribution in [0, 0.1) is 0 Å². The molecule has 0 spiro atoms. The van der Waals surface area contributed by atoms with Crippen LogP contribution in [-0.2, 0) is 16.0 Å². The van der Waals surface area contributed by atoms with Crippen molar-refractivity contribution in [1.82, 2.24) is 14.8 Å². The number of hydrogen-bond acceptors (Lipinski definition) is 3. The molecule has 6 heteroatoms. The van der Waals surface area contributed by atoms with Gasteiger partial charge in [0.25, 0.3) is 0 Å². The zero-order chi connectivity index (χ0) is 22.2. The smallest absolute Gasteiger partial charge is 0.246 e. The summed E-state index contributed by atoms with van der Waals surface area (Å²) in [5, 5.41) is 1.12. The summed E-state index contributed by atoms with van der Waals surface area (Å²) < 4.78 is 5.46. The molecule has 3 aromatic rings. The van der Waals surface area contributed by atoms with Crippen molar-refractivity contribution in [2.75, 3.05) is 20.2 Å². The van der Waals surface area contributed by atoms with E-state index in [1.165, 1.54) is 0 Å². The summed E-state index contributed by atoms with van der Waals surface area (Å²) in [4.78, 5) is 34.2. The van der Waals surface area contributed by atoms with Gasteiger partial charge >= 0.3 is 0 Å². The van der Waals surface area contributed by atoms with Gasteiger partial charge in [0.1, 0.15) is 11.8 Å². The van der Waals surface area contributed by atoms with Gasteiger partial charge in [-0.1, -0.05) is 50.1 Å². The van der Waals surface area contributed by atoms with E-state index >= 15 is 0 Å². The zero-order valence-corrected chi connectivity index (χ0v) is 18.6. The minimum atomic E-state index is -0.485. The van der Waals surface area contributed by atoms with Crippen LogP contribution in [0.15, 0.2) is 48.5 Å². The molecule has 0 unspecified atom stereocenters. The first-order valence-corrected chi connectivity index (χ1v) is 11.5. The lowest BCUT2D eigenvalue weighted by Gasteiger charge is -2.47. The number of amides is 2. The second-order valence-electron chi connectivity index (χ2n) is 8.73. The van der Waals surface area contributed by atoms with Gasteiger partial charge in [-0.05, 0) is 35.7 Å². The Kier molecular flexibility index (Phi) is 5.37. The number of nitrogens with one attached hydrogen (secondary N) is 1. The highest BCUT2D eigenvalue weighted by atomic mass is 16.5. The van der Waals surface area contributed by atoms with Crippen molar-refractivity contribution in [3.8, 4) is 5.75 Å². The summed E-state index contributed by atoms with van der Waals surface area (Å²) >= 11 is 0. The van der Waals surface area contributed by atoms with E-state index in [9.17, 15) is 9.59 Å². The first-order valence-electron chi connectivity index (χ1n) is 11.5. The van der Waals surface area contributed by atoms with Gasteiger partial charge in [0.2, 0.25) is 11.8 Å². The molecule has 0 radical (unpaired) electrons. The molecule has 3 heterocycles. The summed E-state index contributed by atoms with van der Waals surface area (Å²) in [5.41, 5.74) is 4.11. The quantitative estimate of drug-likeness (QED) is 0.599. The molecule has 2 atom stereocenters. The molecule has 2 aromatic carbocycles. The fourth-order valence-electron chi connectivity index (χ4n) is 5.22. The maximum Gasteiger partial charge on any atom is 0.246 e. The zero-order valence-electron chi connectivity index (χ0n) is 18.6. The monoisotopic (exact) mass is 431 g/mol. The van der Waals surface area contributed by atoms with Crippen LogP contribution >= 0.6 is 0 Å². The number of aromatic nitrogens is 1. The van der Waals surface area contributed by atoms with Gasteiger partial charge in [0.05, 0.1) is 19.7 Å². The van der Waals surface area contributed by atoms with Gasteiger partial charge in [-0.15, -0.1) is 0 Å². The van der Waals surface area contributed by atoms with Crippen LogP contribution in [0.1, 0.15) is 49.0 Å². The second-order valence-corrected chi connectivity index (χ2v) is 8.73. The minimum absolute atomic E-state index is 0.00299. The molecule has 1 fully saturated rings. The van der Waals surface area contributed by atoms with E-state index in [1.54, 1.807) is 12.0 Å². The number of fused-ring (bicyclic) bond motifs is 4. The molecule has 0 aliphatic carbocycles. The van der Waals surface area contributed by atoms with Crippen LogP contribution in [0.5, 0.6) is 5.75 Å². The summed E-state index contributed by atoms with van der Waals surface area (Å²) in [6, 6.07) is 15.2. The third-order valence-corrected chi connectivity index (χ3v) is 6.78. The molecule has 2 aliphatic rings. The number of piperazine rings is 1. The minimum Gasteiger partial charge on any atom is -0.497 e. The molecule has 1 aromatic heterocycles. The molecule has 6 nitrogen and oxygen atoms in total. The van der Waals surface area contributed by atoms with Crippen molar-refractivity contribution >= 4 is 22.7 Å². The van der Waals surface area contributed by atoms with E-state index in [2.05, 4.69) is 24.0 Å². The Bertz CT molecular complexity index is 1170. The van der Waals surface area contributed by atoms with Gasteiger partial charge in [-0.3, -0.25) is 9.59 Å². The van der Waals surface area contributed by atoms with Gasteiger partial charge in [0.15, 0.2) is 0 Å². The Morgan fingerprint density at radius 2 is 1.94 bits per heavy atom. The molecule has 0 bridgehead atoms. The van der Waals surface area contributed by atoms with E-state index in [0.717, 1.165) is 52.7 Å². The van der Waals surface area contributed by atoms with Gasteiger partial charge < -0.3 is 19.5 Å². The molecule has 0 saturated carbocycles. The van der Waals surface area contributed by atoms with Crippen LogP contribution in [0.25, 0.3) is 10.9 Å². The van der Waals surface area contributed by atoms with E-state index < -0.39 is 6.04 Å². The lowest BCUT2D eigenvalue weighted by Crippen LogP contribution is -2.63. The normalized spacial score (nSPS) is 20.4. The third-order valence-electron chi connectivity index (χ3n) is 6.78. The highest BCUT2D eigenvalue weighted by Gasteiger charge is 2.48. The van der Waals surface area contributed by atoms with Crippen molar-refractivity contribution in [3.05, 3.63) is 65.4 Å². The van der Waals surface area contributed by atoms with Crippen LogP contribution < -0.4 is 4.74 Å². The fraction of sp³-hybridized carbons (Fsp3) is 0.385. The number of H-pyrrole nitrogens is 1. The maximum atomic E-state index is 13.6. The first kappa shape index (κ1) is 20.6. The Balaban J connectivity index is 1.62. The van der Waals surface area contributed by atoms with E-state index in [-0.39, 0.29) is 24.4 Å². The Morgan fingerprint density at radius 3 is 2.75 bits per heavy atom. The summed E-state index contributed by atoms with van der Waals surface area (Å²) in [5.74, 6) is 0.798. The van der Waals surface area contributed by atoms with E-state index in [1.807, 2.05) is 41.3 Å². The van der Waals surface area contributed by atoms with Crippen molar-refractivity contribution in [1.29, 1.82) is 0 Å². The van der Waals surface area contributed by atoms with Crippen molar-refractivity contribution < 1.29 is 14.3 Å². The van der Waals surface area contributed by atoms with Crippen LogP contribution in [-0.4, -0.2) is 52.8 Å². The second kappa shape index (κ2) is 8.34. The highest BCUT2D eigenvalue weighted by Crippen LogP contribution is 2.43. The number of benzene rings is 2. The molecule has 1 N–H and O–H groups in total. The number of hydrogen-bond donors (Lipinski definition) is 1. The Labute approximate surface area is 188 Å². The molecule has 166 valence electrons. The molecule has 1 saturated heterocycles. The highest BCUT2D eigenvalue weighted by molar-refractivity contribution is 5.97. The number of ether oxygens (including phenoxy) is 1. The average Bonchev–Trinajstić information content (AvgIpc) is 3.19. The Morgan fingerprint density at radius 1 is 1.09 bits per heavy atom. The van der Waals surface area contributed by atoms with Gasteiger partial charge in [-0.25, -0.2) is 0 Å². The standard InChI is InChI=1S/C26H29N3O3/c1-3-4-7-13-28-16-23(30)29-22(26(28)31)15-20-19-11-5-6-12-21(19)27-24(20)25(29)17-9-8-10-18(14-17)32-2/h5-6,8-12,14,22,25,27H,3-4,7,13,15-16H2,1-2H3/t22-,25+/m0/s1. The van der Waals surface area contributed by atoms with Crippen molar-refractivity contribution in [2.45, 2.75) is 44.7 Å². The number of aromatic amines is 1. The summed E-state index contributed by atoms with van der Waals surface area (Å²) in [6.07, 6.45) is 3.61. The number of nitrogens with zero attached hydrogens (tertiary/aromatic N) is 2. The predicted octanol–water partition coefficient (Wildman–Crippen LogP) is 4.05. The first-order chi connectivity index (χ1) is 15.6. The molecular weight excluding hydrogens is 402 g/mol. The van der Waals surface area contributed by atoms with Gasteiger partial charge in [-0.2, -0.15) is 0 Å². The molecule has 2 amide bonds. The Hall–Kier alpha value is -3.28. The summed E-state index contributed by atoms with van der Waals surface area (Å²) in [7, 11) is 1.64.